The van der Waals surface area contributed by atoms with Crippen molar-refractivity contribution in [3.63, 3.8) is 0 Å². The van der Waals surface area contributed by atoms with Crippen molar-refractivity contribution in [2.24, 2.45) is 4.99 Å². The summed E-state index contributed by atoms with van der Waals surface area (Å²) in [4.78, 5) is 16.3. The normalized spacial score (nSPS) is 17.9. The molecule has 4 nitrogen and oxygen atoms in total. The molecule has 0 aromatic heterocycles. The zero-order valence-electron chi connectivity index (χ0n) is 10.8. The molecule has 1 atom stereocenters. The van der Waals surface area contributed by atoms with Crippen LogP contribution in [0, 0.1) is 0 Å². The molecule has 1 aliphatic rings. The zero-order chi connectivity index (χ0) is 14.7. The summed E-state index contributed by atoms with van der Waals surface area (Å²) in [5.41, 5.74) is 1.15. The van der Waals surface area contributed by atoms with Gasteiger partial charge in [0.25, 0.3) is 0 Å². The van der Waals surface area contributed by atoms with E-state index in [1.807, 2.05) is 6.26 Å². The van der Waals surface area contributed by atoms with Gasteiger partial charge in [0, 0.05) is 16.2 Å². The molecule has 0 bridgehead atoms. The van der Waals surface area contributed by atoms with Crippen LogP contribution in [0.2, 0.25) is 10.0 Å². The Morgan fingerprint density at radius 1 is 1.35 bits per heavy atom. The average molecular weight is 331 g/mol. The number of aliphatic imine (C=N–C) groups is 1. The molecule has 1 heterocycles. The summed E-state index contributed by atoms with van der Waals surface area (Å²) >= 11 is 13.5. The molecule has 7 heteroatoms. The second-order valence-electron chi connectivity index (χ2n) is 3.98. The van der Waals surface area contributed by atoms with Crippen LogP contribution < -0.4 is 5.32 Å². The van der Waals surface area contributed by atoms with E-state index >= 15 is 0 Å². The van der Waals surface area contributed by atoms with E-state index in [1.165, 1.54) is 18.9 Å². The molecule has 106 valence electrons. The van der Waals surface area contributed by atoms with Gasteiger partial charge in [-0.05, 0) is 30.0 Å². The molecule has 0 radical (unpaired) electrons. The van der Waals surface area contributed by atoms with Crippen LogP contribution in [-0.2, 0) is 9.53 Å². The summed E-state index contributed by atoms with van der Waals surface area (Å²) in [5, 5.41) is 4.65. The molecule has 0 amide bonds. The lowest BCUT2D eigenvalue weighted by Crippen LogP contribution is -2.25. The highest BCUT2D eigenvalue weighted by atomic mass is 35.5. The molecular formula is C13H12Cl2N2O2S. The number of methoxy groups -OCH3 is 1. The van der Waals surface area contributed by atoms with Crippen LogP contribution >= 0.6 is 35.0 Å². The van der Waals surface area contributed by atoms with Gasteiger partial charge < -0.3 is 10.1 Å². The van der Waals surface area contributed by atoms with Crippen molar-refractivity contribution in [3.8, 4) is 0 Å². The maximum atomic E-state index is 11.8. The number of rotatable bonds is 2. The summed E-state index contributed by atoms with van der Waals surface area (Å²) < 4.78 is 4.78. The maximum Gasteiger partial charge on any atom is 0.337 e. The number of carbonyl (C=O) groups excluding carboxylic acids is 1. The first kappa shape index (κ1) is 15.2. The highest BCUT2D eigenvalue weighted by molar-refractivity contribution is 8.13. The van der Waals surface area contributed by atoms with Crippen LogP contribution in [0.4, 0.5) is 0 Å². The van der Waals surface area contributed by atoms with Crippen LogP contribution in [0.1, 0.15) is 11.6 Å². The number of esters is 1. The van der Waals surface area contributed by atoms with Crippen molar-refractivity contribution >= 4 is 46.1 Å². The Kier molecular flexibility index (Phi) is 4.96. The minimum atomic E-state index is -0.484. The maximum absolute atomic E-state index is 11.8. The lowest BCUT2D eigenvalue weighted by Gasteiger charge is -2.21. The number of nitrogens with zero attached hydrogens (tertiary/aromatic N) is 1. The number of thioether (sulfide) groups is 1. The molecule has 1 unspecified atom stereocenters. The number of carbonyl (C=O) groups is 1. The van der Waals surface area contributed by atoms with Gasteiger partial charge in [0.15, 0.2) is 5.17 Å². The lowest BCUT2D eigenvalue weighted by molar-refractivity contribution is -0.136. The Morgan fingerprint density at radius 2 is 2.00 bits per heavy atom. The number of hydrogen-bond donors (Lipinski definition) is 1. The van der Waals surface area contributed by atoms with E-state index in [4.69, 9.17) is 27.9 Å². The quantitative estimate of drug-likeness (QED) is 0.844. The second-order valence-corrected chi connectivity index (χ2v) is 5.65. The molecule has 1 aromatic carbocycles. The molecule has 0 saturated carbocycles. The van der Waals surface area contributed by atoms with Gasteiger partial charge in [0.05, 0.1) is 12.7 Å². The van der Waals surface area contributed by atoms with Gasteiger partial charge in [-0.25, -0.2) is 9.79 Å². The highest BCUT2D eigenvalue weighted by Crippen LogP contribution is 2.33. The van der Waals surface area contributed by atoms with E-state index in [0.29, 0.717) is 20.8 Å². The third kappa shape index (κ3) is 3.29. The number of amidine groups is 1. The Balaban J connectivity index is 2.46. The summed E-state index contributed by atoms with van der Waals surface area (Å²) in [7, 11) is 1.33. The number of benzene rings is 1. The van der Waals surface area contributed by atoms with E-state index < -0.39 is 12.0 Å². The van der Waals surface area contributed by atoms with Gasteiger partial charge in [-0.2, -0.15) is 0 Å². The summed E-state index contributed by atoms with van der Waals surface area (Å²) in [6, 6.07) is 4.62. The van der Waals surface area contributed by atoms with E-state index in [9.17, 15) is 4.79 Å². The highest BCUT2D eigenvalue weighted by Gasteiger charge is 2.27. The van der Waals surface area contributed by atoms with Gasteiger partial charge in [-0.3, -0.25) is 0 Å². The average Bonchev–Trinajstić information content (AvgIpc) is 2.44. The van der Waals surface area contributed by atoms with Gasteiger partial charge in [-0.1, -0.05) is 35.0 Å². The third-order valence-electron chi connectivity index (χ3n) is 2.71. The van der Waals surface area contributed by atoms with Crippen LogP contribution in [0.3, 0.4) is 0 Å². The summed E-state index contributed by atoms with van der Waals surface area (Å²) in [6.07, 6.45) is 3.50. The van der Waals surface area contributed by atoms with Crippen molar-refractivity contribution < 1.29 is 9.53 Å². The van der Waals surface area contributed by atoms with Crippen molar-refractivity contribution in [2.75, 3.05) is 13.4 Å². The molecule has 0 aliphatic carbocycles. The fourth-order valence-electron chi connectivity index (χ4n) is 1.83. The van der Waals surface area contributed by atoms with Crippen LogP contribution in [-0.4, -0.2) is 24.5 Å². The van der Waals surface area contributed by atoms with Gasteiger partial charge in [-0.15, -0.1) is 0 Å². The molecule has 1 N–H and O–H groups in total. The second kappa shape index (κ2) is 6.52. The molecule has 0 saturated heterocycles. The minimum absolute atomic E-state index is 0.406. The Hall–Kier alpha value is -1.17. The third-order valence-corrected chi connectivity index (χ3v) is 3.75. The topological polar surface area (TPSA) is 50.7 Å². The van der Waals surface area contributed by atoms with E-state index in [1.54, 1.807) is 24.4 Å². The summed E-state index contributed by atoms with van der Waals surface area (Å²) in [5.74, 6) is -0.442. The number of ether oxygens (including phenoxy) is 1. The predicted molar refractivity (Wildman–Crippen MR) is 83.4 cm³/mol. The fraction of sp³-hybridized carbons (Fsp3) is 0.231. The monoisotopic (exact) mass is 330 g/mol. The predicted octanol–water partition coefficient (Wildman–Crippen LogP) is 3.41. The minimum Gasteiger partial charge on any atom is -0.466 e. The Morgan fingerprint density at radius 3 is 2.55 bits per heavy atom. The largest absolute Gasteiger partial charge is 0.466 e. The van der Waals surface area contributed by atoms with Gasteiger partial charge in [0.1, 0.15) is 6.04 Å². The van der Waals surface area contributed by atoms with Crippen LogP contribution in [0.5, 0.6) is 0 Å². The first-order valence-electron chi connectivity index (χ1n) is 5.68. The fourth-order valence-corrected chi connectivity index (χ4v) is 2.76. The van der Waals surface area contributed by atoms with Gasteiger partial charge >= 0.3 is 5.97 Å². The number of hydrogen-bond acceptors (Lipinski definition) is 5. The molecule has 1 aliphatic heterocycles. The van der Waals surface area contributed by atoms with Crippen molar-refractivity contribution in [2.45, 2.75) is 6.04 Å². The van der Waals surface area contributed by atoms with Crippen LogP contribution in [0.25, 0.3) is 0 Å². The molecule has 0 spiro atoms. The molecular weight excluding hydrogens is 319 g/mol. The van der Waals surface area contributed by atoms with Crippen LogP contribution in [0.15, 0.2) is 35.0 Å². The van der Waals surface area contributed by atoms with Crippen molar-refractivity contribution in [1.29, 1.82) is 0 Å². The standard InChI is InChI=1S/C13H12Cl2N2O2S/c1-19-12(18)10-6-16-13(20-2)17-11(10)7-3-8(14)5-9(15)4-7/h3-6,11H,1-2H3,(H,16,17). The zero-order valence-corrected chi connectivity index (χ0v) is 13.1. The molecule has 0 fully saturated rings. The smallest absolute Gasteiger partial charge is 0.337 e. The molecule has 2 rings (SSSR count). The van der Waals surface area contributed by atoms with Crippen molar-refractivity contribution in [1.82, 2.24) is 5.32 Å². The van der Waals surface area contributed by atoms with E-state index in [-0.39, 0.29) is 0 Å². The van der Waals surface area contributed by atoms with Crippen molar-refractivity contribution in [3.05, 3.63) is 45.6 Å². The number of halogens is 2. The molecule has 20 heavy (non-hydrogen) atoms. The SMILES string of the molecule is COC(=O)C1=CNC(SC)=NC1c1cc(Cl)cc(Cl)c1. The van der Waals surface area contributed by atoms with Gasteiger partial charge in [0.2, 0.25) is 0 Å². The molecule has 1 aromatic rings. The van der Waals surface area contributed by atoms with E-state index in [2.05, 4.69) is 10.3 Å². The first-order valence-corrected chi connectivity index (χ1v) is 7.66. The Labute approximate surface area is 131 Å². The lowest BCUT2D eigenvalue weighted by atomic mass is 9.99. The first-order chi connectivity index (χ1) is 9.55. The Bertz CT molecular complexity index is 582. The van der Waals surface area contributed by atoms with E-state index in [0.717, 1.165) is 5.56 Å². The number of nitrogens with one attached hydrogen (secondary N) is 1. The summed E-state index contributed by atoms with van der Waals surface area (Å²) in [6.45, 7) is 0.